The van der Waals surface area contributed by atoms with Crippen LogP contribution in [0.25, 0.3) is 0 Å². The molecule has 2 nitrogen and oxygen atoms in total. The molecular weight excluding hydrogens is 292 g/mol. The Labute approximate surface area is 111 Å². The van der Waals surface area contributed by atoms with E-state index in [1.165, 1.54) is 18.2 Å². The molecule has 0 saturated heterocycles. The maximum absolute atomic E-state index is 12.8. The monoisotopic (exact) mass is 300 g/mol. The highest BCUT2D eigenvalue weighted by atomic mass is 35.5. The number of nitrogens with one attached hydrogen (secondary N) is 1. The van der Waals surface area contributed by atoms with Crippen molar-refractivity contribution in [2.75, 3.05) is 11.9 Å². The Balaban J connectivity index is 2.92. The molecule has 0 fully saturated rings. The lowest BCUT2D eigenvalue weighted by molar-refractivity contribution is -0.117. The Hall–Kier alpha value is -1.08. The number of thiocarbonyl (C=S) groups is 1. The van der Waals surface area contributed by atoms with E-state index in [1.54, 1.807) is 0 Å². The zero-order valence-corrected chi connectivity index (χ0v) is 10.5. The fourth-order valence-electron chi connectivity index (χ4n) is 1.21. The molecule has 8 heteroatoms. The molecule has 0 aliphatic carbocycles. The van der Waals surface area contributed by atoms with E-state index in [-0.39, 0.29) is 21.3 Å². The van der Waals surface area contributed by atoms with Crippen LogP contribution in [0, 0.1) is 0 Å². The second kappa shape index (κ2) is 5.71. The van der Waals surface area contributed by atoms with Crippen molar-refractivity contribution in [3.63, 3.8) is 0 Å². The van der Waals surface area contributed by atoms with Gasteiger partial charge in [0.15, 0.2) is 0 Å². The van der Waals surface area contributed by atoms with Crippen molar-refractivity contribution in [3.8, 4) is 0 Å². The van der Waals surface area contributed by atoms with Gasteiger partial charge in [0.25, 0.3) is 0 Å². The highest BCUT2D eigenvalue weighted by Gasteiger charge is 2.40. The topological polar surface area (TPSA) is 38.0 Å². The smallest absolute Gasteiger partial charge is 0.324 e. The van der Waals surface area contributed by atoms with E-state index in [4.69, 9.17) is 29.6 Å². The fourth-order valence-corrected chi connectivity index (χ4v) is 1.76. The van der Waals surface area contributed by atoms with E-state index in [2.05, 4.69) is 5.32 Å². The van der Waals surface area contributed by atoms with E-state index >= 15 is 0 Å². The maximum Gasteiger partial charge on any atom is 0.324 e. The molecule has 1 aromatic carbocycles. The largest absolute Gasteiger partial charge is 0.389 e. The number of nitrogens with two attached hydrogens (primary N) is 1. The molecule has 0 aliphatic heterocycles. The normalized spacial score (nSPS) is 11.7. The molecule has 0 spiro atoms. The molecule has 3 N–H and O–H groups in total. The zero-order valence-electron chi connectivity index (χ0n) is 8.89. The molecule has 0 atom stereocenters. The Bertz CT molecular complexity index is 454. The molecular formula is C10H9ClF4N2S. The van der Waals surface area contributed by atoms with Gasteiger partial charge in [0, 0.05) is 5.69 Å². The lowest BCUT2D eigenvalue weighted by atomic mass is 10.1. The van der Waals surface area contributed by atoms with Gasteiger partial charge in [0.2, 0.25) is 0 Å². The summed E-state index contributed by atoms with van der Waals surface area (Å²) in [5, 5.41) is 2.34. The summed E-state index contributed by atoms with van der Waals surface area (Å²) >= 11 is 10.5. The number of hydrogen-bond acceptors (Lipinski definition) is 2. The number of alkyl halides is 4. The lowest BCUT2D eigenvalue weighted by Crippen LogP contribution is -2.35. The van der Waals surface area contributed by atoms with Crippen molar-refractivity contribution in [1.29, 1.82) is 0 Å². The zero-order chi connectivity index (χ0) is 13.9. The average molecular weight is 301 g/mol. The molecule has 0 amide bonds. The third-order valence-corrected chi connectivity index (χ3v) is 2.61. The third kappa shape index (κ3) is 3.46. The quantitative estimate of drug-likeness (QED) is 0.647. The van der Waals surface area contributed by atoms with Crippen LogP contribution in [0.5, 0.6) is 0 Å². The van der Waals surface area contributed by atoms with Crippen LogP contribution in [0.1, 0.15) is 5.56 Å². The summed E-state index contributed by atoms with van der Waals surface area (Å²) < 4.78 is 49.5. The first kappa shape index (κ1) is 15.0. The molecule has 1 aromatic rings. The van der Waals surface area contributed by atoms with Crippen molar-refractivity contribution in [2.45, 2.75) is 12.3 Å². The predicted octanol–water partition coefficient (Wildman–Crippen LogP) is 3.29. The molecule has 18 heavy (non-hydrogen) atoms. The molecule has 0 saturated carbocycles. The van der Waals surface area contributed by atoms with E-state index in [9.17, 15) is 17.6 Å². The van der Waals surface area contributed by atoms with Crippen LogP contribution in [0.2, 0.25) is 5.02 Å². The van der Waals surface area contributed by atoms with Crippen LogP contribution < -0.4 is 11.1 Å². The minimum absolute atomic E-state index is 0.0929. The van der Waals surface area contributed by atoms with E-state index in [0.717, 1.165) is 0 Å². The molecule has 0 aliphatic rings. The van der Waals surface area contributed by atoms with Gasteiger partial charge in [0.1, 0.15) is 4.99 Å². The molecule has 100 valence electrons. The van der Waals surface area contributed by atoms with Crippen LogP contribution in [-0.2, 0) is 0 Å². The van der Waals surface area contributed by atoms with Crippen molar-refractivity contribution in [3.05, 3.63) is 28.8 Å². The molecule has 0 heterocycles. The second-order valence-electron chi connectivity index (χ2n) is 3.44. The summed E-state index contributed by atoms with van der Waals surface area (Å²) in [6.45, 7) is -1.24. The molecule has 1 rings (SSSR count). The highest BCUT2D eigenvalue weighted by Crippen LogP contribution is 2.27. The summed E-state index contributed by atoms with van der Waals surface area (Å²) in [4.78, 5) is -0.108. The van der Waals surface area contributed by atoms with Gasteiger partial charge >= 0.3 is 12.3 Å². The lowest BCUT2D eigenvalue weighted by Gasteiger charge is -2.18. The van der Waals surface area contributed by atoms with Crippen LogP contribution in [0.3, 0.4) is 0 Å². The van der Waals surface area contributed by atoms with Gasteiger partial charge in [0.05, 0.1) is 17.1 Å². The average Bonchev–Trinajstić information content (AvgIpc) is 2.25. The van der Waals surface area contributed by atoms with Crippen molar-refractivity contribution >= 4 is 34.5 Å². The summed E-state index contributed by atoms with van der Waals surface area (Å²) in [7, 11) is 0. The minimum Gasteiger partial charge on any atom is -0.389 e. The van der Waals surface area contributed by atoms with E-state index in [1.807, 2.05) is 0 Å². The van der Waals surface area contributed by atoms with E-state index < -0.39 is 18.9 Å². The number of hydrogen-bond donors (Lipinski definition) is 2. The first-order valence-corrected chi connectivity index (χ1v) is 5.52. The van der Waals surface area contributed by atoms with Gasteiger partial charge in [-0.1, -0.05) is 29.9 Å². The Kier molecular flexibility index (Phi) is 4.75. The van der Waals surface area contributed by atoms with Gasteiger partial charge in [-0.2, -0.15) is 8.78 Å². The Morgan fingerprint density at radius 1 is 1.44 bits per heavy atom. The van der Waals surface area contributed by atoms with Crippen LogP contribution in [-0.4, -0.2) is 23.9 Å². The van der Waals surface area contributed by atoms with Crippen molar-refractivity contribution in [1.82, 2.24) is 0 Å². The van der Waals surface area contributed by atoms with Crippen LogP contribution in [0.4, 0.5) is 23.2 Å². The van der Waals surface area contributed by atoms with Gasteiger partial charge in [-0.05, 0) is 12.1 Å². The Morgan fingerprint density at radius 2 is 2.06 bits per heavy atom. The number of benzene rings is 1. The molecule has 0 unspecified atom stereocenters. The minimum atomic E-state index is -4.14. The number of halogens is 5. The summed E-state index contributed by atoms with van der Waals surface area (Å²) in [5.74, 6) is -4.14. The first-order valence-electron chi connectivity index (χ1n) is 4.74. The van der Waals surface area contributed by atoms with Gasteiger partial charge < -0.3 is 11.1 Å². The maximum atomic E-state index is 12.8. The first-order chi connectivity index (χ1) is 8.25. The fraction of sp³-hybridized carbons (Fsp3) is 0.300. The second-order valence-corrected chi connectivity index (χ2v) is 4.29. The summed E-state index contributed by atoms with van der Waals surface area (Å²) in [6, 6.07) is 4.31. The summed E-state index contributed by atoms with van der Waals surface area (Å²) in [5.41, 5.74) is 5.63. The SMILES string of the molecule is NC(=S)c1c(Cl)cccc1NCC(F)(F)C(F)F. The van der Waals surface area contributed by atoms with Gasteiger partial charge in [-0.15, -0.1) is 0 Å². The van der Waals surface area contributed by atoms with Crippen LogP contribution >= 0.6 is 23.8 Å². The predicted molar refractivity (Wildman–Crippen MR) is 66.8 cm³/mol. The van der Waals surface area contributed by atoms with Gasteiger partial charge in [-0.3, -0.25) is 0 Å². The van der Waals surface area contributed by atoms with Crippen molar-refractivity contribution < 1.29 is 17.6 Å². The number of rotatable bonds is 5. The standard InChI is InChI=1S/C10H9ClF4N2S/c11-5-2-1-3-6(7(5)8(16)18)17-4-10(14,15)9(12)13/h1-3,9,17H,4H2,(H2,16,18). The van der Waals surface area contributed by atoms with Crippen LogP contribution in [0.15, 0.2) is 18.2 Å². The molecule has 0 bridgehead atoms. The third-order valence-electron chi connectivity index (χ3n) is 2.09. The molecule has 0 aromatic heterocycles. The summed E-state index contributed by atoms with van der Waals surface area (Å²) in [6.07, 6.45) is -3.75. The Morgan fingerprint density at radius 3 is 2.56 bits per heavy atom. The van der Waals surface area contributed by atoms with Crippen molar-refractivity contribution in [2.24, 2.45) is 5.73 Å². The van der Waals surface area contributed by atoms with E-state index in [0.29, 0.717) is 0 Å². The number of anilines is 1. The highest BCUT2D eigenvalue weighted by molar-refractivity contribution is 7.80. The van der Waals surface area contributed by atoms with Gasteiger partial charge in [-0.25, -0.2) is 8.78 Å². The molecule has 0 radical (unpaired) electrons.